The summed E-state index contributed by atoms with van der Waals surface area (Å²) in [5, 5.41) is 4.91. The number of aryl methyl sites for hydroxylation is 1. The fourth-order valence-corrected chi connectivity index (χ4v) is 4.26. The Kier molecular flexibility index (Phi) is 7.19. The summed E-state index contributed by atoms with van der Waals surface area (Å²) >= 11 is 0. The minimum Gasteiger partial charge on any atom is -0.466 e. The molecule has 1 aliphatic heterocycles. The Hall–Kier alpha value is -2.63. The molecule has 1 aliphatic rings. The number of amides is 1. The standard InChI is InChI=1S/C25H35N3O3/c1-7-31-25(30)19-9-8-14-27(15-19)24(29)21-22(16(2)3)26-28(23(21)17(4)5)20-12-10-18(6)11-13-20/h10-13,16-17,19H,7-9,14-15H2,1-6H3/t19-/m1/s1. The number of piperidine rings is 1. The topological polar surface area (TPSA) is 64.4 Å². The van der Waals surface area contributed by atoms with Crippen LogP contribution < -0.4 is 0 Å². The van der Waals surface area contributed by atoms with Gasteiger partial charge < -0.3 is 9.64 Å². The number of ether oxygens (including phenoxy) is 1. The van der Waals surface area contributed by atoms with Crippen LogP contribution in [0.4, 0.5) is 0 Å². The van der Waals surface area contributed by atoms with E-state index in [-0.39, 0.29) is 29.6 Å². The van der Waals surface area contributed by atoms with Crippen LogP contribution in [0.2, 0.25) is 0 Å². The van der Waals surface area contributed by atoms with Gasteiger partial charge in [-0.25, -0.2) is 4.68 Å². The Morgan fingerprint density at radius 2 is 1.81 bits per heavy atom. The summed E-state index contributed by atoms with van der Waals surface area (Å²) < 4.78 is 7.15. The van der Waals surface area contributed by atoms with Crippen LogP contribution in [0.5, 0.6) is 0 Å². The lowest BCUT2D eigenvalue weighted by Gasteiger charge is -2.32. The second-order valence-corrected chi connectivity index (χ2v) is 9.04. The van der Waals surface area contributed by atoms with E-state index in [4.69, 9.17) is 9.84 Å². The first-order valence-corrected chi connectivity index (χ1v) is 11.4. The molecule has 0 saturated carbocycles. The molecule has 0 N–H and O–H groups in total. The average Bonchev–Trinajstić information content (AvgIpc) is 3.15. The molecule has 31 heavy (non-hydrogen) atoms. The number of esters is 1. The van der Waals surface area contributed by atoms with Crippen molar-refractivity contribution in [2.75, 3.05) is 19.7 Å². The molecule has 3 rings (SSSR count). The first-order valence-electron chi connectivity index (χ1n) is 11.4. The van der Waals surface area contributed by atoms with Crippen LogP contribution in [0.1, 0.15) is 86.6 Å². The van der Waals surface area contributed by atoms with Crippen LogP contribution >= 0.6 is 0 Å². The molecule has 6 nitrogen and oxygen atoms in total. The minimum absolute atomic E-state index is 0.0280. The van der Waals surface area contributed by atoms with Crippen molar-refractivity contribution in [3.8, 4) is 5.69 Å². The van der Waals surface area contributed by atoms with E-state index >= 15 is 0 Å². The predicted octanol–water partition coefficient (Wildman–Crippen LogP) is 4.84. The quantitative estimate of drug-likeness (QED) is 0.621. The molecule has 0 aliphatic carbocycles. The molecule has 1 aromatic carbocycles. The Bertz CT molecular complexity index is 928. The molecular formula is C25H35N3O3. The zero-order valence-corrected chi connectivity index (χ0v) is 19.6. The summed E-state index contributed by atoms with van der Waals surface area (Å²) in [7, 11) is 0. The van der Waals surface area contributed by atoms with Crippen LogP contribution in [-0.4, -0.2) is 46.3 Å². The maximum atomic E-state index is 13.8. The second kappa shape index (κ2) is 9.67. The van der Waals surface area contributed by atoms with Crippen molar-refractivity contribution in [3.05, 3.63) is 46.8 Å². The summed E-state index contributed by atoms with van der Waals surface area (Å²) in [6, 6.07) is 8.22. The van der Waals surface area contributed by atoms with E-state index < -0.39 is 0 Å². The third-order valence-electron chi connectivity index (χ3n) is 5.86. The number of hydrogen-bond donors (Lipinski definition) is 0. The second-order valence-electron chi connectivity index (χ2n) is 9.04. The fraction of sp³-hybridized carbons (Fsp3) is 0.560. The van der Waals surface area contributed by atoms with Crippen molar-refractivity contribution in [3.63, 3.8) is 0 Å². The smallest absolute Gasteiger partial charge is 0.310 e. The van der Waals surface area contributed by atoms with Gasteiger partial charge in [-0.3, -0.25) is 9.59 Å². The summed E-state index contributed by atoms with van der Waals surface area (Å²) in [4.78, 5) is 27.9. The summed E-state index contributed by atoms with van der Waals surface area (Å²) in [5.41, 5.74) is 4.57. The molecule has 0 spiro atoms. The summed E-state index contributed by atoms with van der Waals surface area (Å²) in [5.74, 6) is -0.266. The number of aromatic nitrogens is 2. The van der Waals surface area contributed by atoms with Crippen LogP contribution in [0.3, 0.4) is 0 Å². The zero-order valence-electron chi connectivity index (χ0n) is 19.6. The van der Waals surface area contributed by atoms with Crippen molar-refractivity contribution in [1.29, 1.82) is 0 Å². The van der Waals surface area contributed by atoms with E-state index in [1.165, 1.54) is 5.56 Å². The highest BCUT2D eigenvalue weighted by Gasteiger charge is 2.34. The average molecular weight is 426 g/mol. The van der Waals surface area contributed by atoms with Gasteiger partial charge in [0.25, 0.3) is 5.91 Å². The largest absolute Gasteiger partial charge is 0.466 e. The maximum absolute atomic E-state index is 13.8. The molecule has 1 atom stereocenters. The Morgan fingerprint density at radius 3 is 2.39 bits per heavy atom. The van der Waals surface area contributed by atoms with Gasteiger partial charge >= 0.3 is 5.97 Å². The molecule has 0 unspecified atom stereocenters. The molecule has 2 heterocycles. The number of carbonyl (C=O) groups excluding carboxylic acids is 2. The lowest BCUT2D eigenvalue weighted by molar-refractivity contribution is -0.149. The van der Waals surface area contributed by atoms with E-state index in [1.54, 1.807) is 0 Å². The van der Waals surface area contributed by atoms with E-state index in [9.17, 15) is 9.59 Å². The molecule has 0 bridgehead atoms. The number of hydrogen-bond acceptors (Lipinski definition) is 4. The zero-order chi connectivity index (χ0) is 22.7. The third-order valence-corrected chi connectivity index (χ3v) is 5.86. The first kappa shape index (κ1) is 23.0. The van der Waals surface area contributed by atoms with Crippen LogP contribution in [0, 0.1) is 12.8 Å². The Labute approximate surface area is 185 Å². The molecule has 1 amide bonds. The van der Waals surface area contributed by atoms with E-state index in [2.05, 4.69) is 46.8 Å². The maximum Gasteiger partial charge on any atom is 0.310 e. The predicted molar refractivity (Wildman–Crippen MR) is 122 cm³/mol. The van der Waals surface area contributed by atoms with Gasteiger partial charge in [0.1, 0.15) is 0 Å². The SMILES string of the molecule is CCOC(=O)[C@@H]1CCCN(C(=O)c2c(C(C)C)nn(-c3ccc(C)cc3)c2C(C)C)C1. The summed E-state index contributed by atoms with van der Waals surface area (Å²) in [6.07, 6.45) is 1.56. The number of benzene rings is 1. The number of carbonyl (C=O) groups is 2. The van der Waals surface area contributed by atoms with Crippen molar-refractivity contribution < 1.29 is 14.3 Å². The van der Waals surface area contributed by atoms with Gasteiger partial charge in [0.15, 0.2) is 0 Å². The number of likely N-dealkylation sites (tertiary alicyclic amines) is 1. The van der Waals surface area contributed by atoms with Crippen LogP contribution in [0.25, 0.3) is 5.69 Å². The van der Waals surface area contributed by atoms with E-state index in [0.29, 0.717) is 25.3 Å². The lowest BCUT2D eigenvalue weighted by atomic mass is 9.94. The van der Waals surface area contributed by atoms with E-state index in [1.807, 2.05) is 28.6 Å². The fourth-order valence-electron chi connectivity index (χ4n) is 4.26. The number of nitrogens with zero attached hydrogens (tertiary/aromatic N) is 3. The van der Waals surface area contributed by atoms with E-state index in [0.717, 1.165) is 29.9 Å². The normalized spacial score (nSPS) is 16.8. The van der Waals surface area contributed by atoms with Crippen LogP contribution in [-0.2, 0) is 9.53 Å². The molecular weight excluding hydrogens is 390 g/mol. The molecule has 6 heteroatoms. The molecule has 1 fully saturated rings. The van der Waals surface area contributed by atoms with Gasteiger partial charge in [0, 0.05) is 13.1 Å². The molecule has 168 valence electrons. The lowest BCUT2D eigenvalue weighted by Crippen LogP contribution is -2.43. The van der Waals surface area contributed by atoms with Gasteiger partial charge in [-0.15, -0.1) is 0 Å². The molecule has 1 saturated heterocycles. The highest BCUT2D eigenvalue weighted by atomic mass is 16.5. The minimum atomic E-state index is -0.255. The van der Waals surface area contributed by atoms with Gasteiger partial charge in [-0.1, -0.05) is 45.4 Å². The van der Waals surface area contributed by atoms with Gasteiger partial charge in [0.2, 0.25) is 0 Å². The van der Waals surface area contributed by atoms with Gasteiger partial charge in [0.05, 0.1) is 35.2 Å². The van der Waals surface area contributed by atoms with Crippen molar-refractivity contribution in [2.24, 2.45) is 5.92 Å². The Morgan fingerprint density at radius 1 is 1.13 bits per heavy atom. The molecule has 1 aromatic heterocycles. The van der Waals surface area contributed by atoms with Crippen molar-refractivity contribution in [1.82, 2.24) is 14.7 Å². The third kappa shape index (κ3) is 4.83. The van der Waals surface area contributed by atoms with Crippen LogP contribution in [0.15, 0.2) is 24.3 Å². The highest BCUT2D eigenvalue weighted by Crippen LogP contribution is 2.32. The molecule has 0 radical (unpaired) electrons. The Balaban J connectivity index is 2.03. The van der Waals surface area contributed by atoms with Gasteiger partial charge in [-0.2, -0.15) is 5.10 Å². The summed E-state index contributed by atoms with van der Waals surface area (Å²) in [6.45, 7) is 13.6. The van der Waals surface area contributed by atoms with Gasteiger partial charge in [-0.05, 0) is 50.7 Å². The number of rotatable bonds is 6. The highest BCUT2D eigenvalue weighted by molar-refractivity contribution is 5.97. The van der Waals surface area contributed by atoms with Crippen molar-refractivity contribution >= 4 is 11.9 Å². The van der Waals surface area contributed by atoms with Crippen molar-refractivity contribution in [2.45, 2.75) is 66.2 Å². The monoisotopic (exact) mass is 425 g/mol. The first-order chi connectivity index (χ1) is 14.7. The molecule has 2 aromatic rings.